The van der Waals surface area contributed by atoms with Crippen LogP contribution in [-0.2, 0) is 14.3 Å². The molecule has 1 unspecified atom stereocenters. The Morgan fingerprint density at radius 1 is 1.03 bits per heavy atom. The van der Waals surface area contributed by atoms with E-state index in [1.807, 2.05) is 26.0 Å². The molecular weight excluding hydrogens is 410 g/mol. The smallest absolute Gasteiger partial charge is 0.295 e. The lowest BCUT2D eigenvalue weighted by molar-refractivity contribution is -0.140. The first-order valence-electron chi connectivity index (χ1n) is 10.6. The Morgan fingerprint density at radius 2 is 1.72 bits per heavy atom. The highest BCUT2D eigenvalue weighted by atomic mass is 16.5. The van der Waals surface area contributed by atoms with E-state index in [9.17, 15) is 14.7 Å². The summed E-state index contributed by atoms with van der Waals surface area (Å²) in [5.41, 5.74) is 1.09. The predicted molar refractivity (Wildman–Crippen MR) is 121 cm³/mol. The summed E-state index contributed by atoms with van der Waals surface area (Å²) in [6.45, 7) is 4.64. The van der Waals surface area contributed by atoms with Gasteiger partial charge in [0, 0.05) is 24.3 Å². The molecule has 7 nitrogen and oxygen atoms in total. The molecule has 0 spiro atoms. The first-order valence-corrected chi connectivity index (χ1v) is 10.6. The van der Waals surface area contributed by atoms with Crippen LogP contribution in [0.25, 0.3) is 5.76 Å². The number of hydrogen-bond donors (Lipinski definition) is 1. The molecule has 0 aromatic heterocycles. The normalized spacial score (nSPS) is 17.8. The third-order valence-corrected chi connectivity index (χ3v) is 5.33. The molecule has 0 radical (unpaired) electrons. The average molecular weight is 440 g/mol. The van der Waals surface area contributed by atoms with Crippen molar-refractivity contribution in [3.63, 3.8) is 0 Å². The second-order valence-corrected chi connectivity index (χ2v) is 7.74. The molecule has 0 aliphatic carbocycles. The number of hydrogen-bond acceptors (Lipinski definition) is 6. The SMILES string of the molecule is COc1ccc(/C(O)=C2/C(=O)C(=O)N(CCCOC(C)C)C2c2ccccc2OC)cc1. The predicted octanol–water partition coefficient (Wildman–Crippen LogP) is 3.94. The highest BCUT2D eigenvalue weighted by molar-refractivity contribution is 6.46. The molecule has 3 rings (SSSR count). The number of benzene rings is 2. The van der Waals surface area contributed by atoms with Crippen molar-refractivity contribution in [2.75, 3.05) is 27.4 Å². The van der Waals surface area contributed by atoms with E-state index in [1.54, 1.807) is 43.5 Å². The van der Waals surface area contributed by atoms with Crippen molar-refractivity contribution in [1.82, 2.24) is 4.90 Å². The Balaban J connectivity index is 2.07. The average Bonchev–Trinajstić information content (AvgIpc) is 3.06. The van der Waals surface area contributed by atoms with Crippen LogP contribution in [0.15, 0.2) is 54.1 Å². The van der Waals surface area contributed by atoms with Crippen LogP contribution in [0.4, 0.5) is 0 Å². The van der Waals surface area contributed by atoms with Crippen molar-refractivity contribution in [2.24, 2.45) is 0 Å². The number of rotatable bonds is 9. The largest absolute Gasteiger partial charge is 0.507 e. The molecule has 0 saturated carbocycles. The van der Waals surface area contributed by atoms with Gasteiger partial charge in [-0.1, -0.05) is 18.2 Å². The molecule has 170 valence electrons. The van der Waals surface area contributed by atoms with Crippen LogP contribution in [-0.4, -0.2) is 55.2 Å². The van der Waals surface area contributed by atoms with Gasteiger partial charge in [0.2, 0.25) is 0 Å². The Bertz CT molecular complexity index is 996. The molecule has 1 atom stereocenters. The number of methoxy groups -OCH3 is 2. The zero-order valence-corrected chi connectivity index (χ0v) is 18.8. The van der Waals surface area contributed by atoms with Gasteiger partial charge in [0.05, 0.1) is 31.9 Å². The van der Waals surface area contributed by atoms with Crippen molar-refractivity contribution in [3.05, 3.63) is 65.2 Å². The van der Waals surface area contributed by atoms with Crippen molar-refractivity contribution in [1.29, 1.82) is 0 Å². The van der Waals surface area contributed by atoms with Gasteiger partial charge in [-0.3, -0.25) is 9.59 Å². The van der Waals surface area contributed by atoms with Crippen LogP contribution in [0.1, 0.15) is 37.4 Å². The standard InChI is InChI=1S/C25H29NO6/c1-16(2)32-15-7-14-26-22(19-8-5-6-9-20(19)31-4)21(24(28)25(26)29)23(27)17-10-12-18(30-3)13-11-17/h5-6,8-13,16,22,27H,7,14-15H2,1-4H3/b23-21-. The summed E-state index contributed by atoms with van der Waals surface area (Å²) in [6, 6.07) is 13.1. The molecule has 0 bridgehead atoms. The fraction of sp³-hybridized carbons (Fsp3) is 0.360. The second-order valence-electron chi connectivity index (χ2n) is 7.74. The summed E-state index contributed by atoms with van der Waals surface area (Å²) in [5.74, 6) is -0.459. The van der Waals surface area contributed by atoms with Crippen LogP contribution in [0.3, 0.4) is 0 Å². The number of para-hydroxylation sites is 1. The van der Waals surface area contributed by atoms with Crippen molar-refractivity contribution >= 4 is 17.4 Å². The van der Waals surface area contributed by atoms with Gasteiger partial charge in [-0.25, -0.2) is 0 Å². The molecule has 1 saturated heterocycles. The van der Waals surface area contributed by atoms with Crippen LogP contribution >= 0.6 is 0 Å². The fourth-order valence-electron chi connectivity index (χ4n) is 3.78. The molecule has 7 heteroatoms. The molecule has 1 heterocycles. The lowest BCUT2D eigenvalue weighted by atomic mass is 9.94. The minimum atomic E-state index is -0.771. The second kappa shape index (κ2) is 10.3. The van der Waals surface area contributed by atoms with Crippen LogP contribution < -0.4 is 9.47 Å². The summed E-state index contributed by atoms with van der Waals surface area (Å²) < 4.78 is 16.3. The zero-order valence-electron chi connectivity index (χ0n) is 18.8. The number of likely N-dealkylation sites (tertiary alicyclic amines) is 1. The number of aliphatic hydroxyl groups is 1. The van der Waals surface area contributed by atoms with Crippen molar-refractivity contribution in [3.8, 4) is 11.5 Å². The highest BCUT2D eigenvalue weighted by Gasteiger charge is 2.46. The van der Waals surface area contributed by atoms with Gasteiger partial charge in [-0.2, -0.15) is 0 Å². The molecule has 1 aliphatic rings. The van der Waals surface area contributed by atoms with Gasteiger partial charge in [0.25, 0.3) is 11.7 Å². The third-order valence-electron chi connectivity index (χ3n) is 5.33. The van der Waals surface area contributed by atoms with E-state index < -0.39 is 17.7 Å². The maximum atomic E-state index is 13.1. The zero-order chi connectivity index (χ0) is 23.3. The van der Waals surface area contributed by atoms with Gasteiger partial charge in [-0.15, -0.1) is 0 Å². The molecular formula is C25H29NO6. The quantitative estimate of drug-likeness (QED) is 0.276. The van der Waals surface area contributed by atoms with Gasteiger partial charge in [0.1, 0.15) is 17.3 Å². The van der Waals surface area contributed by atoms with E-state index in [0.29, 0.717) is 42.2 Å². The molecule has 2 aromatic rings. The minimum absolute atomic E-state index is 0.0365. The Labute approximate surface area is 188 Å². The summed E-state index contributed by atoms with van der Waals surface area (Å²) in [7, 11) is 3.08. The van der Waals surface area contributed by atoms with Crippen molar-refractivity contribution < 1.29 is 28.9 Å². The lowest BCUT2D eigenvalue weighted by Gasteiger charge is -2.26. The molecule has 1 N–H and O–H groups in total. The molecule has 1 amide bonds. The Morgan fingerprint density at radius 3 is 2.34 bits per heavy atom. The summed E-state index contributed by atoms with van der Waals surface area (Å²) in [4.78, 5) is 27.5. The fourth-order valence-corrected chi connectivity index (χ4v) is 3.78. The number of ketones is 1. The third kappa shape index (κ3) is 4.78. The van der Waals surface area contributed by atoms with Gasteiger partial charge in [-0.05, 0) is 50.6 Å². The molecule has 32 heavy (non-hydrogen) atoms. The number of Topliss-reactive ketones (excluding diaryl/α,β-unsaturated/α-hetero) is 1. The van der Waals surface area contributed by atoms with E-state index in [-0.39, 0.29) is 17.4 Å². The maximum Gasteiger partial charge on any atom is 0.295 e. The van der Waals surface area contributed by atoms with Gasteiger partial charge < -0.3 is 24.2 Å². The van der Waals surface area contributed by atoms with E-state index >= 15 is 0 Å². The van der Waals surface area contributed by atoms with E-state index in [1.165, 1.54) is 12.0 Å². The first-order chi connectivity index (χ1) is 15.4. The van der Waals surface area contributed by atoms with Crippen LogP contribution in [0, 0.1) is 0 Å². The number of amides is 1. The number of carbonyl (C=O) groups excluding carboxylic acids is 2. The molecule has 1 fully saturated rings. The summed E-state index contributed by atoms with van der Waals surface area (Å²) >= 11 is 0. The summed E-state index contributed by atoms with van der Waals surface area (Å²) in [6.07, 6.45) is 0.630. The van der Waals surface area contributed by atoms with Crippen LogP contribution in [0.5, 0.6) is 11.5 Å². The lowest BCUT2D eigenvalue weighted by Crippen LogP contribution is -2.31. The van der Waals surface area contributed by atoms with E-state index in [0.717, 1.165) is 0 Å². The number of carbonyl (C=O) groups is 2. The van der Waals surface area contributed by atoms with Gasteiger partial charge >= 0.3 is 0 Å². The maximum absolute atomic E-state index is 13.1. The first kappa shape index (κ1) is 23.3. The number of ether oxygens (including phenoxy) is 3. The number of aliphatic hydroxyl groups excluding tert-OH is 1. The topological polar surface area (TPSA) is 85.3 Å². The molecule has 1 aliphatic heterocycles. The monoisotopic (exact) mass is 439 g/mol. The minimum Gasteiger partial charge on any atom is -0.507 e. The Kier molecular flexibility index (Phi) is 7.53. The molecule has 2 aromatic carbocycles. The van der Waals surface area contributed by atoms with Crippen LogP contribution in [0.2, 0.25) is 0 Å². The van der Waals surface area contributed by atoms with E-state index in [4.69, 9.17) is 14.2 Å². The van der Waals surface area contributed by atoms with E-state index in [2.05, 4.69) is 0 Å². The van der Waals surface area contributed by atoms with Gasteiger partial charge in [0.15, 0.2) is 0 Å². The Hall–Kier alpha value is -3.32. The van der Waals surface area contributed by atoms with Crippen molar-refractivity contribution in [2.45, 2.75) is 32.4 Å². The summed E-state index contributed by atoms with van der Waals surface area (Å²) in [5, 5.41) is 11.1. The highest BCUT2D eigenvalue weighted by Crippen LogP contribution is 2.42. The number of nitrogens with zero attached hydrogens (tertiary/aromatic N) is 1.